The van der Waals surface area contributed by atoms with Crippen molar-refractivity contribution < 1.29 is 4.79 Å². The summed E-state index contributed by atoms with van der Waals surface area (Å²) in [5.74, 6) is -1.28. The zero-order valence-corrected chi connectivity index (χ0v) is 4.11. The monoisotopic (exact) mass is 124 g/mol. The van der Waals surface area contributed by atoms with E-state index in [9.17, 15) is 9.70 Å². The Bertz CT molecular complexity index is 209. The van der Waals surface area contributed by atoms with E-state index in [4.69, 9.17) is 10.5 Å². The lowest BCUT2D eigenvalue weighted by atomic mass is 10.7. The summed E-state index contributed by atoms with van der Waals surface area (Å²) in [6, 6.07) is 1.04. The molecular formula is C3N4O2. The van der Waals surface area contributed by atoms with Gasteiger partial charge in [0, 0.05) is 0 Å². The number of rotatable bonds is 1. The van der Waals surface area contributed by atoms with Gasteiger partial charge in [0.25, 0.3) is 0 Å². The number of nitrogens with zero attached hydrogens (tertiary/aromatic N) is 4. The van der Waals surface area contributed by atoms with Gasteiger partial charge >= 0.3 is 5.91 Å². The highest BCUT2D eigenvalue weighted by Gasteiger charge is 2.10. The van der Waals surface area contributed by atoms with E-state index in [1.165, 1.54) is 0 Å². The van der Waals surface area contributed by atoms with Crippen LogP contribution >= 0.6 is 0 Å². The Kier molecular flexibility index (Phi) is 2.43. The molecule has 0 atom stereocenters. The van der Waals surface area contributed by atoms with E-state index in [0.29, 0.717) is 0 Å². The van der Waals surface area contributed by atoms with Crippen LogP contribution in [0.3, 0.4) is 0 Å². The van der Waals surface area contributed by atoms with Gasteiger partial charge in [-0.2, -0.15) is 10.5 Å². The quantitative estimate of drug-likeness (QED) is 0.155. The average Bonchev–Trinajstić information content (AvgIpc) is 1.90. The van der Waals surface area contributed by atoms with E-state index in [2.05, 4.69) is 0 Å². The number of nitroso groups, excluding NO2 is 1. The molecule has 44 valence electrons. The first-order chi connectivity index (χ1) is 4.26. The molecule has 0 aromatic rings. The van der Waals surface area contributed by atoms with Crippen molar-refractivity contribution in [3.05, 3.63) is 4.91 Å². The predicted molar refractivity (Wildman–Crippen MR) is 23.9 cm³/mol. The third kappa shape index (κ3) is 1.53. The highest BCUT2D eigenvalue weighted by Crippen LogP contribution is 1.83. The largest absolute Gasteiger partial charge is 0.361 e. The zero-order valence-electron chi connectivity index (χ0n) is 4.11. The van der Waals surface area contributed by atoms with Gasteiger partial charge < -0.3 is 0 Å². The van der Waals surface area contributed by atoms with Crippen LogP contribution in [0.5, 0.6) is 0 Å². The van der Waals surface area contributed by atoms with Crippen molar-refractivity contribution in [1.29, 1.82) is 10.5 Å². The first-order valence-corrected chi connectivity index (χ1v) is 1.73. The number of amides is 1. The van der Waals surface area contributed by atoms with Gasteiger partial charge in [-0.25, -0.2) is 0 Å². The second-order valence-corrected chi connectivity index (χ2v) is 0.910. The Balaban J connectivity index is 4.21. The summed E-state index contributed by atoms with van der Waals surface area (Å²) in [7, 11) is 0. The molecule has 0 rings (SSSR count). The highest BCUT2D eigenvalue weighted by molar-refractivity contribution is 5.91. The molecule has 0 N–H and O–H groups in total. The molecule has 0 aliphatic carbocycles. The van der Waals surface area contributed by atoms with Crippen molar-refractivity contribution in [3.63, 3.8) is 0 Å². The summed E-state index contributed by atoms with van der Waals surface area (Å²) >= 11 is 0. The van der Waals surface area contributed by atoms with Crippen molar-refractivity contribution in [2.75, 3.05) is 0 Å². The predicted octanol–water partition coefficient (Wildman–Crippen LogP) is -0.499. The molecule has 6 heteroatoms. The third-order valence-electron chi connectivity index (χ3n) is 0.464. The van der Waals surface area contributed by atoms with Gasteiger partial charge in [-0.15, -0.1) is 4.91 Å². The number of carbonyl (C=O) groups excluding carboxylic acids is 1. The average molecular weight is 124 g/mol. The Morgan fingerprint density at radius 1 is 1.56 bits per heavy atom. The fourth-order valence-corrected chi connectivity index (χ4v) is 0.148. The SMILES string of the molecule is N#CC(=O)N(C#N)N=O. The van der Waals surface area contributed by atoms with E-state index in [1.54, 1.807) is 0 Å². The van der Waals surface area contributed by atoms with Crippen LogP contribution in [-0.2, 0) is 4.79 Å². The molecule has 0 aromatic carbocycles. The second-order valence-electron chi connectivity index (χ2n) is 0.910. The molecule has 0 saturated heterocycles. The van der Waals surface area contributed by atoms with Crippen molar-refractivity contribution in [2.24, 2.45) is 5.29 Å². The van der Waals surface area contributed by atoms with Crippen molar-refractivity contribution in [2.45, 2.75) is 0 Å². The van der Waals surface area contributed by atoms with Gasteiger partial charge in [-0.1, -0.05) is 5.01 Å². The van der Waals surface area contributed by atoms with Gasteiger partial charge in [0.05, 0.1) is 5.29 Å². The smallest absolute Gasteiger partial charge is 0.254 e. The molecule has 0 aliphatic rings. The van der Waals surface area contributed by atoms with E-state index in [1.807, 2.05) is 5.29 Å². The fourth-order valence-electron chi connectivity index (χ4n) is 0.148. The molecule has 1 amide bonds. The minimum Gasteiger partial charge on any atom is -0.254 e. The Morgan fingerprint density at radius 2 is 2.11 bits per heavy atom. The molecule has 0 radical (unpaired) electrons. The number of hydrogen-bond donors (Lipinski definition) is 0. The van der Waals surface area contributed by atoms with Crippen LogP contribution < -0.4 is 0 Å². The standard InChI is InChI=1S/C3N4O2/c4-1-3(8)7(2-5)6-9. The topological polar surface area (TPSA) is 97.3 Å². The minimum atomic E-state index is -1.28. The number of hydrogen-bond acceptors (Lipinski definition) is 5. The van der Waals surface area contributed by atoms with Crippen molar-refractivity contribution in [3.8, 4) is 12.3 Å². The molecule has 9 heavy (non-hydrogen) atoms. The fraction of sp³-hybridized carbons (Fsp3) is 0. The minimum absolute atomic E-state index is 0.153. The van der Waals surface area contributed by atoms with E-state index < -0.39 is 5.91 Å². The molecule has 0 fully saturated rings. The number of carbonyl (C=O) groups is 1. The molecule has 0 bridgehead atoms. The van der Waals surface area contributed by atoms with Crippen LogP contribution in [0, 0.1) is 27.7 Å². The highest BCUT2D eigenvalue weighted by atomic mass is 16.3. The Labute approximate surface area is 49.8 Å². The first kappa shape index (κ1) is 7.05. The van der Waals surface area contributed by atoms with Crippen LogP contribution in [0.4, 0.5) is 0 Å². The Hall–Kier alpha value is -1.95. The van der Waals surface area contributed by atoms with Crippen LogP contribution in [0.1, 0.15) is 0 Å². The summed E-state index contributed by atoms with van der Waals surface area (Å²) in [6.45, 7) is 0. The summed E-state index contributed by atoms with van der Waals surface area (Å²) < 4.78 is 0. The molecule has 0 aromatic heterocycles. The lowest BCUT2D eigenvalue weighted by molar-refractivity contribution is -0.122. The van der Waals surface area contributed by atoms with E-state index >= 15 is 0 Å². The molecule has 0 unspecified atom stereocenters. The summed E-state index contributed by atoms with van der Waals surface area (Å²) in [5.41, 5.74) is 0. The van der Waals surface area contributed by atoms with Gasteiger partial charge in [0.15, 0.2) is 6.07 Å². The zero-order chi connectivity index (χ0) is 7.28. The maximum absolute atomic E-state index is 10.0. The van der Waals surface area contributed by atoms with Gasteiger partial charge in [-0.3, -0.25) is 4.79 Å². The summed E-state index contributed by atoms with van der Waals surface area (Å²) in [4.78, 5) is 19.4. The third-order valence-corrected chi connectivity index (χ3v) is 0.464. The van der Waals surface area contributed by atoms with Crippen molar-refractivity contribution in [1.82, 2.24) is 5.01 Å². The van der Waals surface area contributed by atoms with E-state index in [0.717, 1.165) is 12.3 Å². The van der Waals surface area contributed by atoms with Gasteiger partial charge in [0.1, 0.15) is 0 Å². The van der Waals surface area contributed by atoms with Crippen molar-refractivity contribution >= 4 is 5.91 Å². The molecule has 0 spiro atoms. The number of nitriles is 2. The van der Waals surface area contributed by atoms with Gasteiger partial charge in [-0.05, 0) is 0 Å². The van der Waals surface area contributed by atoms with Crippen LogP contribution in [0.25, 0.3) is 0 Å². The summed E-state index contributed by atoms with van der Waals surface area (Å²) in [5, 5.41) is 17.4. The Morgan fingerprint density at radius 3 is 2.22 bits per heavy atom. The van der Waals surface area contributed by atoms with Gasteiger partial charge in [0.2, 0.25) is 6.19 Å². The molecule has 0 saturated carbocycles. The van der Waals surface area contributed by atoms with Crippen LogP contribution in [0.2, 0.25) is 0 Å². The molecule has 0 aliphatic heterocycles. The van der Waals surface area contributed by atoms with Crippen LogP contribution in [0.15, 0.2) is 5.29 Å². The molecular weight excluding hydrogens is 124 g/mol. The summed E-state index contributed by atoms with van der Waals surface area (Å²) in [6.07, 6.45) is 1.08. The normalized spacial score (nSPS) is 6.44. The van der Waals surface area contributed by atoms with E-state index in [-0.39, 0.29) is 5.01 Å². The first-order valence-electron chi connectivity index (χ1n) is 1.73. The maximum Gasteiger partial charge on any atom is 0.361 e. The van der Waals surface area contributed by atoms with Crippen LogP contribution in [-0.4, -0.2) is 10.9 Å². The second kappa shape index (κ2) is 3.10. The maximum atomic E-state index is 10.0. The molecule has 6 nitrogen and oxygen atoms in total. The molecule has 0 heterocycles. The lowest BCUT2D eigenvalue weighted by Gasteiger charge is -1.90. The lowest BCUT2D eigenvalue weighted by Crippen LogP contribution is -2.16.